The third-order valence-electron chi connectivity index (χ3n) is 7.25. The van der Waals surface area contributed by atoms with Gasteiger partial charge in [0.05, 0.1) is 23.1 Å². The Bertz CT molecular complexity index is 1300. The Kier molecular flexibility index (Phi) is 6.51. The van der Waals surface area contributed by atoms with Crippen LogP contribution in [0.4, 0.5) is 5.69 Å². The molecule has 182 valence electrons. The van der Waals surface area contributed by atoms with E-state index >= 15 is 0 Å². The number of Topliss-reactive ketones (excluding diaryl/α,β-unsaturated/α-hetero) is 1. The van der Waals surface area contributed by atoms with E-state index in [1.54, 1.807) is 48.5 Å². The minimum absolute atomic E-state index is 0.179. The number of rotatable bonds is 6. The Morgan fingerprint density at radius 1 is 0.806 bits per heavy atom. The topological polar surface area (TPSA) is 80.8 Å². The van der Waals surface area contributed by atoms with Gasteiger partial charge in [-0.1, -0.05) is 66.7 Å². The molecule has 6 heteroatoms. The summed E-state index contributed by atoms with van der Waals surface area (Å²) < 4.78 is 5.40. The molecule has 2 fully saturated rings. The standard InChI is InChI=1S/C30H27NO5/c1-19(27(32)21-11-6-3-7-12-21)36-30(35)23-13-8-14-24(17-23)31-28(33)25-16-15-22(18-26(25)29(31)34)20-9-4-2-5-10-20/h2-14,17,19,22,25-26H,15-16,18H2,1H3/t19-,22-,25+,26+/m0/s1. The Morgan fingerprint density at radius 2 is 1.44 bits per heavy atom. The number of ether oxygens (including phenoxy) is 1. The molecule has 0 radical (unpaired) electrons. The van der Waals surface area contributed by atoms with Crippen LogP contribution in [0.1, 0.15) is 58.4 Å². The van der Waals surface area contributed by atoms with Crippen molar-refractivity contribution in [1.82, 2.24) is 0 Å². The van der Waals surface area contributed by atoms with Gasteiger partial charge in [0.15, 0.2) is 6.10 Å². The molecule has 1 saturated carbocycles. The molecule has 2 aliphatic rings. The second kappa shape index (κ2) is 9.90. The second-order valence-corrected chi connectivity index (χ2v) is 9.47. The number of anilines is 1. The van der Waals surface area contributed by atoms with Crippen molar-refractivity contribution in [3.05, 3.63) is 102 Å². The lowest BCUT2D eigenvalue weighted by atomic mass is 9.73. The average molecular weight is 482 g/mol. The van der Waals surface area contributed by atoms with Crippen LogP contribution in [0, 0.1) is 11.8 Å². The van der Waals surface area contributed by atoms with Crippen LogP contribution in [0.5, 0.6) is 0 Å². The first kappa shape index (κ1) is 23.7. The number of hydrogen-bond donors (Lipinski definition) is 0. The number of amides is 2. The summed E-state index contributed by atoms with van der Waals surface area (Å²) in [6, 6.07) is 25.0. The number of esters is 1. The summed E-state index contributed by atoms with van der Waals surface area (Å²) in [5.41, 5.74) is 2.18. The third kappa shape index (κ3) is 4.47. The minimum Gasteiger partial charge on any atom is -0.451 e. The smallest absolute Gasteiger partial charge is 0.338 e. The van der Waals surface area contributed by atoms with Crippen molar-refractivity contribution in [1.29, 1.82) is 0 Å². The highest BCUT2D eigenvalue weighted by atomic mass is 16.5. The number of fused-ring (bicyclic) bond motifs is 1. The zero-order valence-electron chi connectivity index (χ0n) is 20.0. The first-order chi connectivity index (χ1) is 17.4. The van der Waals surface area contributed by atoms with Crippen LogP contribution in [0.15, 0.2) is 84.9 Å². The van der Waals surface area contributed by atoms with Crippen molar-refractivity contribution in [2.24, 2.45) is 11.8 Å². The van der Waals surface area contributed by atoms with Gasteiger partial charge in [-0.3, -0.25) is 19.3 Å². The number of hydrogen-bond acceptors (Lipinski definition) is 5. The third-order valence-corrected chi connectivity index (χ3v) is 7.25. The van der Waals surface area contributed by atoms with Crippen LogP contribution in [0.25, 0.3) is 0 Å². The molecule has 1 aliphatic carbocycles. The van der Waals surface area contributed by atoms with Gasteiger partial charge in [-0.25, -0.2) is 4.79 Å². The van der Waals surface area contributed by atoms with Gasteiger partial charge in [0.2, 0.25) is 17.6 Å². The van der Waals surface area contributed by atoms with Gasteiger partial charge in [-0.05, 0) is 55.9 Å². The highest BCUT2D eigenvalue weighted by Crippen LogP contribution is 2.45. The van der Waals surface area contributed by atoms with Gasteiger partial charge in [0.1, 0.15) is 0 Å². The van der Waals surface area contributed by atoms with Gasteiger partial charge in [0, 0.05) is 5.56 Å². The number of imide groups is 1. The van der Waals surface area contributed by atoms with E-state index in [1.807, 2.05) is 18.2 Å². The number of nitrogens with zero attached hydrogens (tertiary/aromatic N) is 1. The van der Waals surface area contributed by atoms with Crippen molar-refractivity contribution in [2.45, 2.75) is 38.2 Å². The maximum absolute atomic E-state index is 13.4. The molecule has 2 amide bonds. The van der Waals surface area contributed by atoms with Crippen LogP contribution >= 0.6 is 0 Å². The molecule has 1 heterocycles. The molecule has 6 nitrogen and oxygen atoms in total. The lowest BCUT2D eigenvalue weighted by molar-refractivity contribution is -0.122. The maximum atomic E-state index is 13.4. The predicted octanol–water partition coefficient (Wildman–Crippen LogP) is 5.19. The number of benzene rings is 3. The van der Waals surface area contributed by atoms with E-state index < -0.39 is 12.1 Å². The first-order valence-electron chi connectivity index (χ1n) is 12.3. The minimum atomic E-state index is -0.976. The van der Waals surface area contributed by atoms with Crippen molar-refractivity contribution >= 4 is 29.3 Å². The van der Waals surface area contributed by atoms with E-state index in [1.165, 1.54) is 23.5 Å². The van der Waals surface area contributed by atoms with Crippen molar-refractivity contribution in [2.75, 3.05) is 4.90 Å². The summed E-state index contributed by atoms with van der Waals surface area (Å²) in [4.78, 5) is 53.2. The number of carbonyl (C=O) groups is 4. The number of carbonyl (C=O) groups excluding carboxylic acids is 4. The van der Waals surface area contributed by atoms with Crippen LogP contribution in [0.3, 0.4) is 0 Å². The Morgan fingerprint density at radius 3 is 2.17 bits per heavy atom. The highest BCUT2D eigenvalue weighted by Gasteiger charge is 2.50. The van der Waals surface area contributed by atoms with Crippen molar-refractivity contribution in [3.63, 3.8) is 0 Å². The van der Waals surface area contributed by atoms with E-state index in [0.29, 0.717) is 24.1 Å². The summed E-state index contributed by atoms with van der Waals surface area (Å²) in [5.74, 6) is -1.88. The molecular weight excluding hydrogens is 454 g/mol. The SMILES string of the molecule is C[C@H](OC(=O)c1cccc(N2C(=O)[C@@H]3CC[C@H](c4ccccc4)C[C@H]3C2=O)c1)C(=O)c1ccccc1. The van der Waals surface area contributed by atoms with E-state index in [0.717, 1.165) is 6.42 Å². The van der Waals surface area contributed by atoms with E-state index in [2.05, 4.69) is 12.1 Å². The van der Waals surface area contributed by atoms with E-state index in [9.17, 15) is 19.2 Å². The largest absolute Gasteiger partial charge is 0.451 e. The molecule has 0 spiro atoms. The van der Waals surface area contributed by atoms with E-state index in [-0.39, 0.29) is 40.9 Å². The quantitative estimate of drug-likeness (QED) is 0.275. The van der Waals surface area contributed by atoms with Crippen LogP contribution in [0.2, 0.25) is 0 Å². The fourth-order valence-corrected chi connectivity index (χ4v) is 5.35. The molecule has 1 saturated heterocycles. The Labute approximate surface area is 209 Å². The lowest BCUT2D eigenvalue weighted by Crippen LogP contribution is -2.31. The monoisotopic (exact) mass is 481 g/mol. The lowest BCUT2D eigenvalue weighted by Gasteiger charge is -2.28. The average Bonchev–Trinajstić information content (AvgIpc) is 3.18. The van der Waals surface area contributed by atoms with Gasteiger partial charge >= 0.3 is 5.97 Å². The van der Waals surface area contributed by atoms with Crippen LogP contribution in [-0.2, 0) is 14.3 Å². The van der Waals surface area contributed by atoms with E-state index in [4.69, 9.17) is 4.74 Å². The zero-order valence-corrected chi connectivity index (χ0v) is 20.0. The highest BCUT2D eigenvalue weighted by molar-refractivity contribution is 6.22. The molecule has 1 aliphatic heterocycles. The normalized spacial score (nSPS) is 22.1. The molecule has 0 unspecified atom stereocenters. The fraction of sp³-hybridized carbons (Fsp3) is 0.267. The van der Waals surface area contributed by atoms with Gasteiger partial charge in [-0.15, -0.1) is 0 Å². The molecule has 3 aromatic rings. The fourth-order valence-electron chi connectivity index (χ4n) is 5.35. The molecule has 0 N–H and O–H groups in total. The van der Waals surface area contributed by atoms with Gasteiger partial charge in [0.25, 0.3) is 0 Å². The summed E-state index contributed by atoms with van der Waals surface area (Å²) in [6.07, 6.45) is 1.18. The second-order valence-electron chi connectivity index (χ2n) is 9.47. The van der Waals surface area contributed by atoms with Crippen LogP contribution < -0.4 is 4.90 Å². The number of ketones is 1. The molecule has 0 bridgehead atoms. The molecule has 3 aromatic carbocycles. The molecule has 36 heavy (non-hydrogen) atoms. The Balaban J connectivity index is 1.31. The molecule has 4 atom stereocenters. The Hall–Kier alpha value is -4.06. The summed E-state index contributed by atoms with van der Waals surface area (Å²) in [7, 11) is 0. The summed E-state index contributed by atoms with van der Waals surface area (Å²) >= 11 is 0. The first-order valence-corrected chi connectivity index (χ1v) is 12.3. The molecule has 0 aromatic heterocycles. The van der Waals surface area contributed by atoms with Crippen LogP contribution in [-0.4, -0.2) is 29.7 Å². The molecular formula is C30H27NO5. The van der Waals surface area contributed by atoms with Crippen molar-refractivity contribution < 1.29 is 23.9 Å². The zero-order chi connectivity index (χ0) is 25.2. The maximum Gasteiger partial charge on any atom is 0.338 e. The summed E-state index contributed by atoms with van der Waals surface area (Å²) in [6.45, 7) is 1.53. The van der Waals surface area contributed by atoms with Crippen molar-refractivity contribution in [3.8, 4) is 0 Å². The molecule has 5 rings (SSSR count). The van der Waals surface area contributed by atoms with Gasteiger partial charge < -0.3 is 4.74 Å². The van der Waals surface area contributed by atoms with Gasteiger partial charge in [-0.2, -0.15) is 0 Å². The predicted molar refractivity (Wildman–Crippen MR) is 135 cm³/mol. The summed E-state index contributed by atoms with van der Waals surface area (Å²) in [5, 5.41) is 0.